The van der Waals surface area contributed by atoms with Gasteiger partial charge in [0, 0.05) is 54.4 Å². The SMILES string of the molecule is CS(=O)(=O)N1CCC2(CC1)CNCC(CCc1c(F)cccc1NC(=O)[C@@H](N)[C@@H](c1ccc(Cl)cc1)c1cc(F)cc(F)c1)O2. The Kier molecular flexibility index (Phi) is 10.2. The van der Waals surface area contributed by atoms with Gasteiger partial charge in [-0.05, 0) is 73.2 Å². The van der Waals surface area contributed by atoms with E-state index in [1.54, 1.807) is 30.3 Å². The molecule has 0 radical (unpaired) electrons. The van der Waals surface area contributed by atoms with Crippen LogP contribution in [0.5, 0.6) is 0 Å². The summed E-state index contributed by atoms with van der Waals surface area (Å²) in [6.45, 7) is 1.89. The Hall–Kier alpha value is -3.00. The van der Waals surface area contributed by atoms with E-state index in [2.05, 4.69) is 10.6 Å². The molecule has 4 N–H and O–H groups in total. The molecule has 2 heterocycles. The number of amides is 1. The van der Waals surface area contributed by atoms with Gasteiger partial charge >= 0.3 is 0 Å². The van der Waals surface area contributed by atoms with Crippen LogP contribution in [0.2, 0.25) is 5.02 Å². The molecule has 1 amide bonds. The highest BCUT2D eigenvalue weighted by molar-refractivity contribution is 7.88. The molecule has 5 rings (SSSR count). The molecule has 242 valence electrons. The first-order chi connectivity index (χ1) is 21.3. The molecule has 2 fully saturated rings. The van der Waals surface area contributed by atoms with Gasteiger partial charge in [-0.3, -0.25) is 4.79 Å². The summed E-state index contributed by atoms with van der Waals surface area (Å²) in [7, 11) is -3.28. The molecule has 1 unspecified atom stereocenters. The highest BCUT2D eigenvalue weighted by Gasteiger charge is 2.41. The van der Waals surface area contributed by atoms with E-state index >= 15 is 4.39 Å². The van der Waals surface area contributed by atoms with E-state index in [0.29, 0.717) is 56.0 Å². The third-order valence-electron chi connectivity index (χ3n) is 8.57. The van der Waals surface area contributed by atoms with Gasteiger partial charge in [0.1, 0.15) is 17.5 Å². The summed E-state index contributed by atoms with van der Waals surface area (Å²) >= 11 is 6.04. The number of sulfonamides is 1. The van der Waals surface area contributed by atoms with Gasteiger partial charge in [-0.25, -0.2) is 25.9 Å². The van der Waals surface area contributed by atoms with Crippen LogP contribution in [0.15, 0.2) is 60.7 Å². The molecule has 0 saturated carbocycles. The summed E-state index contributed by atoms with van der Waals surface area (Å²) in [6, 6.07) is 12.5. The van der Waals surface area contributed by atoms with Crippen molar-refractivity contribution < 1.29 is 31.1 Å². The summed E-state index contributed by atoms with van der Waals surface area (Å²) in [5.41, 5.74) is 7.13. The molecular weight excluding hydrogens is 629 g/mol. The lowest BCUT2D eigenvalue weighted by Crippen LogP contribution is -2.58. The molecule has 1 spiro atoms. The number of benzene rings is 3. The van der Waals surface area contributed by atoms with Gasteiger partial charge in [-0.1, -0.05) is 29.8 Å². The molecule has 3 atom stereocenters. The molecular formula is C32H36ClF3N4O4S. The molecule has 0 aliphatic carbocycles. The number of halogens is 4. The maximum absolute atomic E-state index is 15.2. The average Bonchev–Trinajstić information content (AvgIpc) is 2.97. The summed E-state index contributed by atoms with van der Waals surface area (Å²) in [6.07, 6.45) is 2.72. The van der Waals surface area contributed by atoms with Crippen molar-refractivity contribution >= 4 is 33.2 Å². The number of nitrogens with one attached hydrogen (secondary N) is 2. The summed E-state index contributed by atoms with van der Waals surface area (Å²) in [4.78, 5) is 13.6. The summed E-state index contributed by atoms with van der Waals surface area (Å²) < 4.78 is 75.4. The first-order valence-corrected chi connectivity index (χ1v) is 17.0. The fraction of sp³-hybridized carbons (Fsp3) is 0.406. The zero-order valence-electron chi connectivity index (χ0n) is 24.7. The second-order valence-electron chi connectivity index (χ2n) is 11.8. The van der Waals surface area contributed by atoms with Crippen molar-refractivity contribution in [2.45, 2.75) is 49.3 Å². The van der Waals surface area contributed by atoms with Crippen molar-refractivity contribution in [3.63, 3.8) is 0 Å². The topological polar surface area (TPSA) is 114 Å². The Morgan fingerprint density at radius 2 is 1.76 bits per heavy atom. The van der Waals surface area contributed by atoms with Crippen LogP contribution in [0.3, 0.4) is 0 Å². The van der Waals surface area contributed by atoms with E-state index in [0.717, 1.165) is 18.2 Å². The zero-order chi connectivity index (χ0) is 32.4. The Bertz CT molecular complexity index is 1620. The van der Waals surface area contributed by atoms with Crippen LogP contribution in [0.1, 0.15) is 41.9 Å². The number of anilines is 1. The molecule has 2 aliphatic rings. The monoisotopic (exact) mass is 664 g/mol. The minimum absolute atomic E-state index is 0.162. The van der Waals surface area contributed by atoms with Gasteiger partial charge in [0.25, 0.3) is 0 Å². The van der Waals surface area contributed by atoms with E-state index in [9.17, 15) is 22.0 Å². The molecule has 2 aliphatic heterocycles. The van der Waals surface area contributed by atoms with E-state index in [-0.39, 0.29) is 29.3 Å². The minimum Gasteiger partial charge on any atom is -0.369 e. The van der Waals surface area contributed by atoms with Crippen LogP contribution in [0, 0.1) is 17.5 Å². The van der Waals surface area contributed by atoms with Gasteiger partial charge in [-0.15, -0.1) is 0 Å². The standard InChI is InChI=1S/C32H36ClF3N4O4S/c1-45(42,43)40-13-11-32(12-14-40)19-38-18-25(44-32)9-10-26-27(36)3-2-4-28(26)39-31(41)30(37)29(20-5-7-22(33)8-6-20)21-15-23(34)17-24(35)16-21/h2-8,15-17,25,29-30,38H,9-14,18-19,37H2,1H3,(H,39,41)/t25?,29-,30-/m0/s1. The van der Waals surface area contributed by atoms with Gasteiger partial charge in [0.2, 0.25) is 15.9 Å². The molecule has 3 aromatic rings. The van der Waals surface area contributed by atoms with Gasteiger partial charge < -0.3 is 21.1 Å². The number of rotatable bonds is 9. The van der Waals surface area contributed by atoms with Crippen molar-refractivity contribution in [1.29, 1.82) is 0 Å². The van der Waals surface area contributed by atoms with Crippen molar-refractivity contribution in [3.8, 4) is 0 Å². The van der Waals surface area contributed by atoms with Crippen LogP contribution in [0.4, 0.5) is 18.9 Å². The molecule has 2 saturated heterocycles. The predicted octanol–water partition coefficient (Wildman–Crippen LogP) is 4.57. The summed E-state index contributed by atoms with van der Waals surface area (Å²) in [5.74, 6) is -3.74. The Morgan fingerprint density at radius 3 is 2.40 bits per heavy atom. The largest absolute Gasteiger partial charge is 0.369 e. The van der Waals surface area contributed by atoms with Crippen molar-refractivity contribution in [1.82, 2.24) is 9.62 Å². The molecule has 45 heavy (non-hydrogen) atoms. The minimum atomic E-state index is -3.28. The molecule has 0 bridgehead atoms. The fourth-order valence-electron chi connectivity index (χ4n) is 6.21. The lowest BCUT2D eigenvalue weighted by molar-refractivity contribution is -0.137. The van der Waals surface area contributed by atoms with E-state index in [1.165, 1.54) is 22.7 Å². The molecule has 13 heteroatoms. The maximum Gasteiger partial charge on any atom is 0.242 e. The van der Waals surface area contributed by atoms with Crippen LogP contribution in [0.25, 0.3) is 0 Å². The highest BCUT2D eigenvalue weighted by atomic mass is 35.5. The number of morpholine rings is 1. The van der Waals surface area contributed by atoms with Crippen LogP contribution in [-0.2, 0) is 26.0 Å². The van der Waals surface area contributed by atoms with Crippen molar-refractivity contribution in [2.75, 3.05) is 37.8 Å². The number of carbonyl (C=O) groups excluding carboxylic acids is 1. The first-order valence-electron chi connectivity index (χ1n) is 14.7. The van der Waals surface area contributed by atoms with Crippen LogP contribution >= 0.6 is 11.6 Å². The number of carbonyl (C=O) groups is 1. The fourth-order valence-corrected chi connectivity index (χ4v) is 7.19. The summed E-state index contributed by atoms with van der Waals surface area (Å²) in [5, 5.41) is 6.56. The average molecular weight is 665 g/mol. The van der Waals surface area contributed by atoms with Crippen molar-refractivity contribution in [2.24, 2.45) is 5.73 Å². The lowest BCUT2D eigenvalue weighted by Gasteiger charge is -2.46. The zero-order valence-corrected chi connectivity index (χ0v) is 26.3. The molecule has 0 aromatic heterocycles. The van der Waals surface area contributed by atoms with Crippen LogP contribution < -0.4 is 16.4 Å². The third kappa shape index (κ3) is 8.05. The number of nitrogens with two attached hydrogens (primary N) is 1. The Morgan fingerprint density at radius 1 is 1.09 bits per heavy atom. The van der Waals surface area contributed by atoms with Gasteiger partial charge in [0.05, 0.1) is 24.0 Å². The first kappa shape index (κ1) is 33.4. The quantitative estimate of drug-likeness (QED) is 0.309. The smallest absolute Gasteiger partial charge is 0.242 e. The van der Waals surface area contributed by atoms with E-state index < -0.39 is 50.9 Å². The Labute approximate surface area is 266 Å². The normalized spacial score (nSPS) is 20.1. The van der Waals surface area contributed by atoms with E-state index in [1.807, 2.05) is 0 Å². The third-order valence-corrected chi connectivity index (χ3v) is 10.1. The number of nitrogens with zero attached hydrogens (tertiary/aromatic N) is 1. The second-order valence-corrected chi connectivity index (χ2v) is 14.2. The number of ether oxygens (including phenoxy) is 1. The molecule has 3 aromatic carbocycles. The van der Waals surface area contributed by atoms with Gasteiger partial charge in [-0.2, -0.15) is 0 Å². The van der Waals surface area contributed by atoms with E-state index in [4.69, 9.17) is 22.1 Å². The van der Waals surface area contributed by atoms with Crippen LogP contribution in [-0.4, -0.2) is 68.8 Å². The Balaban J connectivity index is 1.30. The van der Waals surface area contributed by atoms with Crippen molar-refractivity contribution in [3.05, 3.63) is 99.8 Å². The second kappa shape index (κ2) is 13.8. The van der Waals surface area contributed by atoms with Gasteiger partial charge in [0.15, 0.2) is 0 Å². The predicted molar refractivity (Wildman–Crippen MR) is 167 cm³/mol. The maximum atomic E-state index is 15.2. The highest BCUT2D eigenvalue weighted by Crippen LogP contribution is 2.33. The number of hydrogen-bond acceptors (Lipinski definition) is 6. The molecule has 8 nitrogen and oxygen atoms in total. The lowest BCUT2D eigenvalue weighted by atomic mass is 9.84. The number of piperidine rings is 1. The number of hydrogen-bond donors (Lipinski definition) is 3.